The molecule has 25 heavy (non-hydrogen) atoms. The molecule has 6 nitrogen and oxygen atoms in total. The van der Waals surface area contributed by atoms with Crippen LogP contribution in [0, 0.1) is 0 Å². The second kappa shape index (κ2) is 7.79. The first-order chi connectivity index (χ1) is 12.2. The van der Waals surface area contributed by atoms with E-state index in [1.165, 1.54) is 0 Å². The maximum atomic E-state index is 12.2. The van der Waals surface area contributed by atoms with Gasteiger partial charge in [-0.3, -0.25) is 0 Å². The summed E-state index contributed by atoms with van der Waals surface area (Å²) in [4.78, 5) is 12.2. The molecule has 2 aromatic rings. The predicted octanol–water partition coefficient (Wildman–Crippen LogP) is 2.51. The average Bonchev–Trinajstić information content (AvgIpc) is 2.66. The third kappa shape index (κ3) is 4.15. The zero-order valence-corrected chi connectivity index (χ0v) is 14.4. The standard InChI is InChI=1S/C19H22N2O4/c1-23-16-7-8-17(24-2)14(10-16)11-20-19(22)21-15-9-13-5-3-4-6-18(13)25-12-15/h3-8,10,15H,9,11-12H2,1-2H3,(H2,20,21,22). The van der Waals surface area contributed by atoms with Gasteiger partial charge in [0.25, 0.3) is 0 Å². The molecule has 1 heterocycles. The van der Waals surface area contributed by atoms with Gasteiger partial charge in [0.2, 0.25) is 0 Å². The van der Waals surface area contributed by atoms with Crippen molar-refractivity contribution in [3.05, 3.63) is 53.6 Å². The average molecular weight is 342 g/mol. The number of amides is 2. The van der Waals surface area contributed by atoms with Crippen molar-refractivity contribution in [1.29, 1.82) is 0 Å². The lowest BCUT2D eigenvalue weighted by Gasteiger charge is -2.26. The summed E-state index contributed by atoms with van der Waals surface area (Å²) >= 11 is 0. The van der Waals surface area contributed by atoms with E-state index in [0.717, 1.165) is 29.0 Å². The van der Waals surface area contributed by atoms with Gasteiger partial charge in [0.1, 0.15) is 23.9 Å². The van der Waals surface area contributed by atoms with Crippen LogP contribution < -0.4 is 24.8 Å². The molecule has 2 amide bonds. The van der Waals surface area contributed by atoms with Crippen molar-refractivity contribution < 1.29 is 19.0 Å². The topological polar surface area (TPSA) is 68.8 Å². The first-order valence-corrected chi connectivity index (χ1v) is 8.15. The van der Waals surface area contributed by atoms with Gasteiger partial charge >= 0.3 is 6.03 Å². The Labute approximate surface area is 147 Å². The summed E-state index contributed by atoms with van der Waals surface area (Å²) in [7, 11) is 3.20. The van der Waals surface area contributed by atoms with Crippen molar-refractivity contribution in [1.82, 2.24) is 10.6 Å². The summed E-state index contributed by atoms with van der Waals surface area (Å²) in [6, 6.07) is 13.1. The van der Waals surface area contributed by atoms with Crippen LogP contribution in [0.15, 0.2) is 42.5 Å². The molecule has 2 aromatic carbocycles. The molecular weight excluding hydrogens is 320 g/mol. The highest BCUT2D eigenvalue weighted by atomic mass is 16.5. The van der Waals surface area contributed by atoms with Crippen LogP contribution in [0.25, 0.3) is 0 Å². The highest BCUT2D eigenvalue weighted by Gasteiger charge is 2.21. The number of ether oxygens (including phenoxy) is 3. The number of fused-ring (bicyclic) bond motifs is 1. The number of benzene rings is 2. The van der Waals surface area contributed by atoms with Crippen LogP contribution in [-0.4, -0.2) is 32.9 Å². The van der Waals surface area contributed by atoms with Crippen molar-refractivity contribution in [2.45, 2.75) is 19.0 Å². The Balaban J connectivity index is 1.55. The SMILES string of the molecule is COc1ccc(OC)c(CNC(=O)NC2COc3ccccc3C2)c1. The van der Waals surface area contributed by atoms with Gasteiger partial charge in [-0.1, -0.05) is 18.2 Å². The minimum atomic E-state index is -0.238. The fourth-order valence-corrected chi connectivity index (χ4v) is 2.85. The van der Waals surface area contributed by atoms with Gasteiger partial charge in [0.15, 0.2) is 0 Å². The highest BCUT2D eigenvalue weighted by molar-refractivity contribution is 5.74. The summed E-state index contributed by atoms with van der Waals surface area (Å²) in [5, 5.41) is 5.80. The second-order valence-corrected chi connectivity index (χ2v) is 5.82. The van der Waals surface area contributed by atoms with Gasteiger partial charge in [-0.15, -0.1) is 0 Å². The lowest BCUT2D eigenvalue weighted by Crippen LogP contribution is -2.47. The van der Waals surface area contributed by atoms with Crippen LogP contribution in [0.5, 0.6) is 17.2 Å². The monoisotopic (exact) mass is 342 g/mol. The number of methoxy groups -OCH3 is 2. The quantitative estimate of drug-likeness (QED) is 0.876. The van der Waals surface area contributed by atoms with Crippen molar-refractivity contribution in [3.8, 4) is 17.2 Å². The van der Waals surface area contributed by atoms with Crippen LogP contribution in [0.4, 0.5) is 4.79 Å². The number of urea groups is 1. The molecule has 3 rings (SSSR count). The first-order valence-electron chi connectivity index (χ1n) is 8.15. The molecule has 0 bridgehead atoms. The van der Waals surface area contributed by atoms with E-state index in [0.29, 0.717) is 18.9 Å². The molecule has 1 aliphatic rings. The summed E-state index contributed by atoms with van der Waals surface area (Å²) in [6.45, 7) is 0.809. The minimum absolute atomic E-state index is 0.0536. The Morgan fingerprint density at radius 2 is 2.04 bits per heavy atom. The van der Waals surface area contributed by atoms with Crippen LogP contribution in [0.1, 0.15) is 11.1 Å². The number of rotatable bonds is 5. The highest BCUT2D eigenvalue weighted by Crippen LogP contribution is 2.25. The molecule has 0 radical (unpaired) electrons. The van der Waals surface area contributed by atoms with Crippen molar-refractivity contribution >= 4 is 6.03 Å². The molecule has 1 atom stereocenters. The van der Waals surface area contributed by atoms with Crippen LogP contribution in [0.2, 0.25) is 0 Å². The Bertz CT molecular complexity index is 748. The van der Waals surface area contributed by atoms with E-state index in [2.05, 4.69) is 10.6 Å². The van der Waals surface area contributed by atoms with Crippen molar-refractivity contribution in [3.63, 3.8) is 0 Å². The smallest absolute Gasteiger partial charge is 0.315 e. The van der Waals surface area contributed by atoms with Gasteiger partial charge in [0.05, 0.1) is 20.3 Å². The number of carbonyl (C=O) groups excluding carboxylic acids is 1. The molecule has 132 valence electrons. The Hall–Kier alpha value is -2.89. The molecule has 0 aromatic heterocycles. The van der Waals surface area contributed by atoms with E-state index >= 15 is 0 Å². The predicted molar refractivity (Wildman–Crippen MR) is 94.3 cm³/mol. The van der Waals surface area contributed by atoms with E-state index < -0.39 is 0 Å². The number of carbonyl (C=O) groups is 1. The maximum Gasteiger partial charge on any atom is 0.315 e. The molecule has 0 saturated heterocycles. The van der Waals surface area contributed by atoms with E-state index in [1.807, 2.05) is 42.5 Å². The van der Waals surface area contributed by atoms with Gasteiger partial charge in [-0.2, -0.15) is 0 Å². The Kier molecular flexibility index (Phi) is 5.28. The third-order valence-electron chi connectivity index (χ3n) is 4.14. The molecule has 0 saturated carbocycles. The molecule has 0 aliphatic carbocycles. The zero-order valence-electron chi connectivity index (χ0n) is 14.4. The van der Waals surface area contributed by atoms with Crippen molar-refractivity contribution in [2.75, 3.05) is 20.8 Å². The maximum absolute atomic E-state index is 12.2. The largest absolute Gasteiger partial charge is 0.497 e. The molecule has 0 fully saturated rings. The lowest BCUT2D eigenvalue weighted by molar-refractivity contribution is 0.214. The Morgan fingerprint density at radius 3 is 2.84 bits per heavy atom. The molecule has 2 N–H and O–H groups in total. The van der Waals surface area contributed by atoms with E-state index in [4.69, 9.17) is 14.2 Å². The summed E-state index contributed by atoms with van der Waals surface area (Å²) < 4.78 is 16.2. The normalized spacial score (nSPS) is 15.5. The molecule has 0 spiro atoms. The fraction of sp³-hybridized carbons (Fsp3) is 0.316. The van der Waals surface area contributed by atoms with Crippen LogP contribution in [-0.2, 0) is 13.0 Å². The first kappa shape index (κ1) is 17.0. The summed E-state index contributed by atoms with van der Waals surface area (Å²) in [6.07, 6.45) is 0.756. The summed E-state index contributed by atoms with van der Waals surface area (Å²) in [5.41, 5.74) is 1.95. The Morgan fingerprint density at radius 1 is 1.20 bits per heavy atom. The zero-order chi connectivity index (χ0) is 17.6. The fourth-order valence-electron chi connectivity index (χ4n) is 2.85. The van der Waals surface area contributed by atoms with Gasteiger partial charge in [0, 0.05) is 12.1 Å². The van der Waals surface area contributed by atoms with E-state index in [9.17, 15) is 4.79 Å². The van der Waals surface area contributed by atoms with E-state index in [-0.39, 0.29) is 12.1 Å². The van der Waals surface area contributed by atoms with E-state index in [1.54, 1.807) is 14.2 Å². The van der Waals surface area contributed by atoms with Crippen LogP contribution >= 0.6 is 0 Å². The number of hydrogen-bond donors (Lipinski definition) is 2. The van der Waals surface area contributed by atoms with Crippen LogP contribution in [0.3, 0.4) is 0 Å². The molecule has 6 heteroatoms. The van der Waals surface area contributed by atoms with Gasteiger partial charge in [-0.05, 0) is 36.2 Å². The third-order valence-corrected chi connectivity index (χ3v) is 4.14. The van der Waals surface area contributed by atoms with Gasteiger partial charge < -0.3 is 24.8 Å². The minimum Gasteiger partial charge on any atom is -0.497 e. The van der Waals surface area contributed by atoms with Crippen molar-refractivity contribution in [2.24, 2.45) is 0 Å². The number of para-hydroxylation sites is 1. The van der Waals surface area contributed by atoms with Gasteiger partial charge in [-0.25, -0.2) is 4.79 Å². The number of hydrogen-bond acceptors (Lipinski definition) is 4. The molecule has 1 unspecified atom stereocenters. The second-order valence-electron chi connectivity index (χ2n) is 5.82. The number of nitrogens with one attached hydrogen (secondary N) is 2. The molecule has 1 aliphatic heterocycles. The summed E-state index contributed by atoms with van der Waals surface area (Å²) in [5.74, 6) is 2.31. The molecular formula is C19H22N2O4. The lowest BCUT2D eigenvalue weighted by atomic mass is 10.0.